The molecule has 114 valence electrons. The van der Waals surface area contributed by atoms with E-state index in [0.29, 0.717) is 0 Å². The topological polar surface area (TPSA) is 29.9 Å². The Kier molecular flexibility index (Phi) is 3.78. The average Bonchev–Trinajstić information content (AvgIpc) is 2.77. The Balaban J connectivity index is 1.89. The number of fused-ring (bicyclic) bond motifs is 1. The minimum atomic E-state index is 0.0845. The molecule has 1 fully saturated rings. The van der Waals surface area contributed by atoms with Gasteiger partial charge in [0, 0.05) is 12.5 Å². The number of nitrogens with one attached hydrogen (secondary N) is 1. The summed E-state index contributed by atoms with van der Waals surface area (Å²) >= 11 is 0. The molecular formula is C18H27N3. The first-order valence-corrected chi connectivity index (χ1v) is 8.12. The SMILES string of the molecule is Cn1c(C(C)(C)C)nc2cc(CC3CCCNC3)ccc21. The summed E-state index contributed by atoms with van der Waals surface area (Å²) in [6.07, 6.45) is 3.83. The molecule has 1 saturated heterocycles. The van der Waals surface area contributed by atoms with Crippen molar-refractivity contribution in [2.45, 2.75) is 45.4 Å². The molecule has 1 aromatic heterocycles. The zero-order chi connectivity index (χ0) is 15.0. The van der Waals surface area contributed by atoms with Crippen molar-refractivity contribution in [3.63, 3.8) is 0 Å². The van der Waals surface area contributed by atoms with Gasteiger partial charge in [-0.3, -0.25) is 0 Å². The molecule has 2 heterocycles. The van der Waals surface area contributed by atoms with Gasteiger partial charge in [-0.25, -0.2) is 4.98 Å². The lowest BCUT2D eigenvalue weighted by Gasteiger charge is -2.22. The van der Waals surface area contributed by atoms with Crippen molar-refractivity contribution >= 4 is 11.0 Å². The second-order valence-electron chi connectivity index (χ2n) is 7.48. The maximum absolute atomic E-state index is 4.88. The summed E-state index contributed by atoms with van der Waals surface area (Å²) < 4.78 is 2.24. The number of aryl methyl sites for hydroxylation is 1. The molecule has 3 heteroatoms. The molecule has 0 amide bonds. The van der Waals surface area contributed by atoms with Crippen molar-refractivity contribution in [3.8, 4) is 0 Å². The van der Waals surface area contributed by atoms with Gasteiger partial charge in [-0.1, -0.05) is 26.8 Å². The Bertz CT molecular complexity index is 628. The minimum absolute atomic E-state index is 0.0845. The van der Waals surface area contributed by atoms with Crippen molar-refractivity contribution in [1.29, 1.82) is 0 Å². The van der Waals surface area contributed by atoms with E-state index in [9.17, 15) is 0 Å². The Morgan fingerprint density at radius 1 is 1.33 bits per heavy atom. The quantitative estimate of drug-likeness (QED) is 0.916. The van der Waals surface area contributed by atoms with Crippen LogP contribution in [-0.2, 0) is 18.9 Å². The molecular weight excluding hydrogens is 258 g/mol. The van der Waals surface area contributed by atoms with Crippen molar-refractivity contribution in [2.75, 3.05) is 13.1 Å². The van der Waals surface area contributed by atoms with E-state index >= 15 is 0 Å². The molecule has 3 nitrogen and oxygen atoms in total. The summed E-state index contributed by atoms with van der Waals surface area (Å²) in [5.74, 6) is 1.94. The van der Waals surface area contributed by atoms with Crippen LogP contribution < -0.4 is 5.32 Å². The molecule has 1 aliphatic heterocycles. The number of hydrogen-bond acceptors (Lipinski definition) is 2. The molecule has 3 rings (SSSR count). The second-order valence-corrected chi connectivity index (χ2v) is 7.48. The molecule has 1 atom stereocenters. The van der Waals surface area contributed by atoms with E-state index in [4.69, 9.17) is 4.98 Å². The van der Waals surface area contributed by atoms with Gasteiger partial charge in [0.2, 0.25) is 0 Å². The first-order chi connectivity index (χ1) is 9.95. The summed E-state index contributed by atoms with van der Waals surface area (Å²) in [6.45, 7) is 9.02. The molecule has 0 aliphatic carbocycles. The van der Waals surface area contributed by atoms with Gasteiger partial charge in [-0.15, -0.1) is 0 Å². The number of nitrogens with zero attached hydrogens (tertiary/aromatic N) is 2. The van der Waals surface area contributed by atoms with E-state index in [1.807, 2.05) is 0 Å². The van der Waals surface area contributed by atoms with Gasteiger partial charge in [0.25, 0.3) is 0 Å². The highest BCUT2D eigenvalue weighted by Crippen LogP contribution is 2.26. The van der Waals surface area contributed by atoms with Crippen LogP contribution in [0, 0.1) is 5.92 Å². The maximum atomic E-state index is 4.88. The highest BCUT2D eigenvalue weighted by molar-refractivity contribution is 5.77. The zero-order valence-corrected chi connectivity index (χ0v) is 13.7. The monoisotopic (exact) mass is 285 g/mol. The largest absolute Gasteiger partial charge is 0.331 e. The fraction of sp³-hybridized carbons (Fsp3) is 0.611. The molecule has 1 aromatic carbocycles. The van der Waals surface area contributed by atoms with Gasteiger partial charge in [-0.05, 0) is 56.0 Å². The Morgan fingerprint density at radius 2 is 2.14 bits per heavy atom. The first kappa shape index (κ1) is 14.6. The Morgan fingerprint density at radius 3 is 2.81 bits per heavy atom. The normalized spacial score (nSPS) is 20.1. The highest BCUT2D eigenvalue weighted by atomic mass is 15.1. The molecule has 0 bridgehead atoms. The van der Waals surface area contributed by atoms with Crippen LogP contribution in [0.2, 0.25) is 0 Å². The van der Waals surface area contributed by atoms with E-state index in [1.54, 1.807) is 0 Å². The number of benzene rings is 1. The van der Waals surface area contributed by atoms with E-state index < -0.39 is 0 Å². The van der Waals surface area contributed by atoms with E-state index in [2.05, 4.69) is 55.9 Å². The molecule has 0 spiro atoms. The van der Waals surface area contributed by atoms with Crippen molar-refractivity contribution < 1.29 is 0 Å². The molecule has 2 aromatic rings. The predicted molar refractivity (Wildman–Crippen MR) is 88.7 cm³/mol. The molecule has 1 N–H and O–H groups in total. The summed E-state index contributed by atoms with van der Waals surface area (Å²) in [5, 5.41) is 3.51. The van der Waals surface area contributed by atoms with Crippen LogP contribution in [0.15, 0.2) is 18.2 Å². The summed E-state index contributed by atoms with van der Waals surface area (Å²) in [6, 6.07) is 6.81. The zero-order valence-electron chi connectivity index (χ0n) is 13.7. The fourth-order valence-corrected chi connectivity index (χ4v) is 3.47. The Labute approximate surface area is 127 Å². The summed E-state index contributed by atoms with van der Waals surface area (Å²) in [5.41, 5.74) is 3.89. The third-order valence-corrected chi connectivity index (χ3v) is 4.54. The van der Waals surface area contributed by atoms with Crippen LogP contribution in [-0.4, -0.2) is 22.6 Å². The number of piperidine rings is 1. The van der Waals surface area contributed by atoms with Gasteiger partial charge in [-0.2, -0.15) is 0 Å². The van der Waals surface area contributed by atoms with Gasteiger partial charge in [0.15, 0.2) is 0 Å². The van der Waals surface area contributed by atoms with E-state index in [1.165, 1.54) is 36.9 Å². The van der Waals surface area contributed by atoms with Crippen molar-refractivity contribution in [3.05, 3.63) is 29.6 Å². The standard InChI is InChI=1S/C18H27N3/c1-18(2,3)17-20-15-11-13(7-8-16(15)21(17)4)10-14-6-5-9-19-12-14/h7-8,11,14,19H,5-6,9-10,12H2,1-4H3. The average molecular weight is 285 g/mol. The maximum Gasteiger partial charge on any atom is 0.115 e. The van der Waals surface area contributed by atoms with E-state index in [-0.39, 0.29) is 5.41 Å². The Hall–Kier alpha value is -1.35. The van der Waals surface area contributed by atoms with Gasteiger partial charge in [0.05, 0.1) is 11.0 Å². The summed E-state index contributed by atoms with van der Waals surface area (Å²) in [4.78, 5) is 4.88. The number of hydrogen-bond donors (Lipinski definition) is 1. The van der Waals surface area contributed by atoms with Crippen LogP contribution in [0.1, 0.15) is 45.0 Å². The number of rotatable bonds is 2. The molecule has 0 saturated carbocycles. The first-order valence-electron chi connectivity index (χ1n) is 8.12. The highest BCUT2D eigenvalue weighted by Gasteiger charge is 2.21. The molecule has 1 aliphatic rings. The number of aromatic nitrogens is 2. The van der Waals surface area contributed by atoms with Crippen LogP contribution in [0.25, 0.3) is 11.0 Å². The minimum Gasteiger partial charge on any atom is -0.331 e. The van der Waals surface area contributed by atoms with Crippen LogP contribution in [0.3, 0.4) is 0 Å². The van der Waals surface area contributed by atoms with Crippen LogP contribution >= 0.6 is 0 Å². The third kappa shape index (κ3) is 2.98. The lowest BCUT2D eigenvalue weighted by Crippen LogP contribution is -2.30. The van der Waals surface area contributed by atoms with Gasteiger partial charge < -0.3 is 9.88 Å². The third-order valence-electron chi connectivity index (χ3n) is 4.54. The van der Waals surface area contributed by atoms with Gasteiger partial charge in [0.1, 0.15) is 5.82 Å². The molecule has 0 radical (unpaired) electrons. The predicted octanol–water partition coefficient (Wildman–Crippen LogP) is 3.41. The molecule has 21 heavy (non-hydrogen) atoms. The summed E-state index contributed by atoms with van der Waals surface area (Å²) in [7, 11) is 2.13. The number of imidazole rings is 1. The van der Waals surface area contributed by atoms with E-state index in [0.717, 1.165) is 23.8 Å². The molecule has 1 unspecified atom stereocenters. The lowest BCUT2D eigenvalue weighted by molar-refractivity contribution is 0.376. The van der Waals surface area contributed by atoms with Crippen LogP contribution in [0.5, 0.6) is 0 Å². The smallest absolute Gasteiger partial charge is 0.115 e. The van der Waals surface area contributed by atoms with Gasteiger partial charge >= 0.3 is 0 Å². The van der Waals surface area contributed by atoms with Crippen molar-refractivity contribution in [2.24, 2.45) is 13.0 Å². The second kappa shape index (κ2) is 5.45. The van der Waals surface area contributed by atoms with Crippen LogP contribution in [0.4, 0.5) is 0 Å². The fourth-order valence-electron chi connectivity index (χ4n) is 3.47. The van der Waals surface area contributed by atoms with Crippen molar-refractivity contribution in [1.82, 2.24) is 14.9 Å². The lowest BCUT2D eigenvalue weighted by atomic mass is 9.92.